The van der Waals surface area contributed by atoms with Gasteiger partial charge >= 0.3 is 0 Å². The van der Waals surface area contributed by atoms with Crippen molar-refractivity contribution < 1.29 is 0 Å². The highest BCUT2D eigenvalue weighted by molar-refractivity contribution is 4.75. The van der Waals surface area contributed by atoms with Crippen LogP contribution in [0.5, 0.6) is 0 Å². The lowest BCUT2D eigenvalue weighted by Gasteiger charge is -2.33. The summed E-state index contributed by atoms with van der Waals surface area (Å²) in [6.45, 7) is 11.5. The highest BCUT2D eigenvalue weighted by Gasteiger charge is 2.21. The molecule has 0 radical (unpaired) electrons. The summed E-state index contributed by atoms with van der Waals surface area (Å²) in [7, 11) is 0. The van der Waals surface area contributed by atoms with Crippen molar-refractivity contribution >= 4 is 0 Å². The smallest absolute Gasteiger partial charge is 0.00132 e. The molecule has 1 fully saturated rings. The van der Waals surface area contributed by atoms with E-state index in [0.717, 1.165) is 12.5 Å². The monoisotopic (exact) mass is 212 g/mol. The van der Waals surface area contributed by atoms with Crippen LogP contribution in [0.3, 0.4) is 0 Å². The Morgan fingerprint density at radius 3 is 2.33 bits per heavy atom. The van der Waals surface area contributed by atoms with E-state index in [0.29, 0.717) is 5.41 Å². The van der Waals surface area contributed by atoms with Gasteiger partial charge in [-0.2, -0.15) is 0 Å². The van der Waals surface area contributed by atoms with Gasteiger partial charge in [0.2, 0.25) is 0 Å². The van der Waals surface area contributed by atoms with E-state index in [2.05, 4.69) is 25.7 Å². The molecule has 1 rings (SSSR count). The second kappa shape index (κ2) is 5.86. The normalized spacial score (nSPS) is 20.8. The highest BCUT2D eigenvalue weighted by Crippen LogP contribution is 2.23. The summed E-state index contributed by atoms with van der Waals surface area (Å²) in [5.74, 6) is 0.990. The van der Waals surface area contributed by atoms with Gasteiger partial charge in [0.05, 0.1) is 0 Å². The average Bonchev–Trinajstić information content (AvgIpc) is 2.27. The topological polar surface area (TPSA) is 29.3 Å². The molecule has 0 aromatic carbocycles. The summed E-state index contributed by atoms with van der Waals surface area (Å²) < 4.78 is 0. The zero-order valence-electron chi connectivity index (χ0n) is 10.8. The molecule has 0 bridgehead atoms. The van der Waals surface area contributed by atoms with Gasteiger partial charge in [-0.25, -0.2) is 0 Å². The van der Waals surface area contributed by atoms with Crippen LogP contribution in [0.2, 0.25) is 0 Å². The summed E-state index contributed by atoms with van der Waals surface area (Å²) in [5, 5.41) is 0. The summed E-state index contributed by atoms with van der Waals surface area (Å²) >= 11 is 0. The largest absolute Gasteiger partial charge is 0.330 e. The van der Waals surface area contributed by atoms with E-state index in [1.54, 1.807) is 0 Å². The fourth-order valence-corrected chi connectivity index (χ4v) is 2.18. The van der Waals surface area contributed by atoms with E-state index < -0.39 is 0 Å². The Balaban J connectivity index is 2.19. The van der Waals surface area contributed by atoms with Crippen LogP contribution in [0, 0.1) is 11.3 Å². The molecule has 2 heteroatoms. The lowest BCUT2D eigenvalue weighted by Crippen LogP contribution is -2.37. The number of rotatable bonds is 5. The Labute approximate surface area is 95.2 Å². The molecule has 90 valence electrons. The van der Waals surface area contributed by atoms with E-state index in [-0.39, 0.29) is 0 Å². The molecule has 0 aromatic heterocycles. The number of hydrogen-bond donors (Lipinski definition) is 1. The molecule has 2 nitrogen and oxygen atoms in total. The van der Waals surface area contributed by atoms with Crippen molar-refractivity contribution in [1.29, 1.82) is 0 Å². The van der Waals surface area contributed by atoms with Crippen molar-refractivity contribution in [3.05, 3.63) is 0 Å². The SMILES string of the molecule is CCC1CCN(CCC(C)(C)CN)CC1. The predicted molar refractivity (Wildman–Crippen MR) is 66.9 cm³/mol. The number of nitrogens with two attached hydrogens (primary N) is 1. The van der Waals surface area contributed by atoms with Crippen LogP contribution in [0.25, 0.3) is 0 Å². The average molecular weight is 212 g/mol. The molecule has 0 spiro atoms. The highest BCUT2D eigenvalue weighted by atomic mass is 15.1. The van der Waals surface area contributed by atoms with Gasteiger partial charge in [-0.3, -0.25) is 0 Å². The second-order valence-electron chi connectivity index (χ2n) is 5.81. The number of hydrogen-bond acceptors (Lipinski definition) is 2. The summed E-state index contributed by atoms with van der Waals surface area (Å²) in [4.78, 5) is 2.61. The van der Waals surface area contributed by atoms with Crippen molar-refractivity contribution in [2.24, 2.45) is 17.1 Å². The van der Waals surface area contributed by atoms with Crippen LogP contribution in [0.15, 0.2) is 0 Å². The van der Waals surface area contributed by atoms with Crippen molar-refractivity contribution in [2.45, 2.75) is 46.5 Å². The molecular weight excluding hydrogens is 184 g/mol. The van der Waals surface area contributed by atoms with Gasteiger partial charge in [0.25, 0.3) is 0 Å². The van der Waals surface area contributed by atoms with Crippen LogP contribution in [-0.4, -0.2) is 31.1 Å². The Morgan fingerprint density at radius 1 is 1.27 bits per heavy atom. The fraction of sp³-hybridized carbons (Fsp3) is 1.00. The molecule has 0 aliphatic carbocycles. The minimum Gasteiger partial charge on any atom is -0.330 e. The third-order valence-corrected chi connectivity index (χ3v) is 3.94. The minimum atomic E-state index is 0.321. The first-order chi connectivity index (χ1) is 7.07. The van der Waals surface area contributed by atoms with E-state index in [1.807, 2.05) is 0 Å². The molecule has 0 atom stereocenters. The van der Waals surface area contributed by atoms with Gasteiger partial charge in [0.1, 0.15) is 0 Å². The maximum atomic E-state index is 5.75. The Kier molecular flexibility index (Phi) is 5.07. The third-order valence-electron chi connectivity index (χ3n) is 3.94. The van der Waals surface area contributed by atoms with Crippen LogP contribution in [-0.2, 0) is 0 Å². The van der Waals surface area contributed by atoms with Gasteiger partial charge < -0.3 is 10.6 Å². The molecule has 0 saturated carbocycles. The molecule has 1 heterocycles. The first-order valence-electron chi connectivity index (χ1n) is 6.50. The summed E-state index contributed by atoms with van der Waals surface area (Å²) in [6.07, 6.45) is 5.40. The fourth-order valence-electron chi connectivity index (χ4n) is 2.18. The first kappa shape index (κ1) is 13.0. The van der Waals surface area contributed by atoms with Gasteiger partial charge in [0, 0.05) is 0 Å². The van der Waals surface area contributed by atoms with Gasteiger partial charge in [-0.1, -0.05) is 27.2 Å². The minimum absolute atomic E-state index is 0.321. The van der Waals surface area contributed by atoms with Crippen molar-refractivity contribution in [3.63, 3.8) is 0 Å². The lowest BCUT2D eigenvalue weighted by molar-refractivity contribution is 0.159. The number of piperidine rings is 1. The zero-order chi connectivity index (χ0) is 11.3. The molecule has 0 aromatic rings. The molecule has 1 aliphatic rings. The van der Waals surface area contributed by atoms with E-state index in [4.69, 9.17) is 5.73 Å². The molecule has 1 saturated heterocycles. The molecular formula is C13H28N2. The van der Waals surface area contributed by atoms with Crippen molar-refractivity contribution in [1.82, 2.24) is 4.90 Å². The molecule has 1 aliphatic heterocycles. The second-order valence-corrected chi connectivity index (χ2v) is 5.81. The predicted octanol–water partition coefficient (Wildman–Crippen LogP) is 2.48. The lowest BCUT2D eigenvalue weighted by atomic mass is 9.88. The molecule has 15 heavy (non-hydrogen) atoms. The third kappa shape index (κ3) is 4.52. The molecule has 0 unspecified atom stereocenters. The van der Waals surface area contributed by atoms with Gasteiger partial charge in [-0.15, -0.1) is 0 Å². The maximum Gasteiger partial charge on any atom is -0.00132 e. The van der Waals surface area contributed by atoms with E-state index in [1.165, 1.54) is 45.3 Å². The Morgan fingerprint density at radius 2 is 1.87 bits per heavy atom. The quantitative estimate of drug-likeness (QED) is 0.758. The zero-order valence-corrected chi connectivity index (χ0v) is 10.8. The summed E-state index contributed by atoms with van der Waals surface area (Å²) in [5.41, 5.74) is 6.07. The Bertz CT molecular complexity index is 169. The van der Waals surface area contributed by atoms with Crippen LogP contribution in [0.4, 0.5) is 0 Å². The number of nitrogens with zero attached hydrogens (tertiary/aromatic N) is 1. The maximum absolute atomic E-state index is 5.75. The van der Waals surface area contributed by atoms with E-state index in [9.17, 15) is 0 Å². The van der Waals surface area contributed by atoms with Crippen LogP contribution < -0.4 is 5.73 Å². The first-order valence-corrected chi connectivity index (χ1v) is 6.50. The van der Waals surface area contributed by atoms with Crippen LogP contribution >= 0.6 is 0 Å². The Hall–Kier alpha value is -0.0800. The molecule has 0 amide bonds. The van der Waals surface area contributed by atoms with E-state index >= 15 is 0 Å². The van der Waals surface area contributed by atoms with Gasteiger partial charge in [0.15, 0.2) is 0 Å². The standard InChI is InChI=1S/C13H28N2/c1-4-12-5-8-15(9-6-12)10-7-13(2,3)11-14/h12H,4-11,14H2,1-3H3. The van der Waals surface area contributed by atoms with Gasteiger partial charge in [-0.05, 0) is 56.8 Å². The molecule has 2 N–H and O–H groups in total. The summed E-state index contributed by atoms with van der Waals surface area (Å²) in [6, 6.07) is 0. The van der Waals surface area contributed by atoms with Crippen LogP contribution in [0.1, 0.15) is 46.5 Å². The van der Waals surface area contributed by atoms with Crippen molar-refractivity contribution in [3.8, 4) is 0 Å². The van der Waals surface area contributed by atoms with Crippen molar-refractivity contribution in [2.75, 3.05) is 26.2 Å². The number of likely N-dealkylation sites (tertiary alicyclic amines) is 1.